The molecule has 0 aliphatic carbocycles. The maximum atomic E-state index is 13.9. The number of carbonyl (C=O) groups is 1. The third-order valence-corrected chi connectivity index (χ3v) is 4.59. The first-order chi connectivity index (χ1) is 12.6. The highest BCUT2D eigenvalue weighted by Crippen LogP contribution is 2.23. The third kappa shape index (κ3) is 3.80. The molecular weight excluding hydrogens is 335 g/mol. The van der Waals surface area contributed by atoms with E-state index in [-0.39, 0.29) is 11.7 Å². The van der Waals surface area contributed by atoms with Gasteiger partial charge >= 0.3 is 0 Å². The van der Waals surface area contributed by atoms with E-state index >= 15 is 0 Å². The highest BCUT2D eigenvalue weighted by atomic mass is 19.1. The molecule has 0 radical (unpaired) electrons. The lowest BCUT2D eigenvalue weighted by atomic mass is 10.1. The molecule has 1 fully saturated rings. The lowest BCUT2D eigenvalue weighted by Crippen LogP contribution is -2.49. The fraction of sp³-hybridized carbons (Fsp3) is 0.350. The van der Waals surface area contributed by atoms with Crippen LogP contribution < -0.4 is 9.64 Å². The monoisotopic (exact) mass is 358 g/mol. The molecule has 6 heteroatoms. The molecule has 1 saturated heterocycles. The average molecular weight is 358 g/mol. The minimum Gasteiger partial charge on any atom is -0.496 e. The Kier molecular flexibility index (Phi) is 5.73. The molecule has 0 aromatic heterocycles. The second kappa shape index (κ2) is 8.19. The van der Waals surface area contributed by atoms with Gasteiger partial charge in [0.15, 0.2) is 0 Å². The zero-order valence-corrected chi connectivity index (χ0v) is 15.1. The van der Waals surface area contributed by atoms with Crippen LogP contribution in [0.15, 0.2) is 42.5 Å². The van der Waals surface area contributed by atoms with Crippen molar-refractivity contribution >= 4 is 11.6 Å². The Morgan fingerprint density at radius 3 is 2.46 bits per heavy atom. The summed E-state index contributed by atoms with van der Waals surface area (Å²) in [6, 6.07) is 12.1. The van der Waals surface area contributed by atoms with Gasteiger partial charge in [0.05, 0.1) is 19.4 Å². The first kappa shape index (κ1) is 18.2. The molecule has 0 atom stereocenters. The van der Waals surface area contributed by atoms with E-state index in [0.29, 0.717) is 49.8 Å². The maximum Gasteiger partial charge on any atom is 0.253 e. The number of hydrogen-bond donors (Lipinski definition) is 0. The second-order valence-electron chi connectivity index (χ2n) is 6.19. The van der Waals surface area contributed by atoms with Gasteiger partial charge in [-0.1, -0.05) is 12.1 Å². The number of carbonyl (C=O) groups excluding carboxylic acids is 1. The van der Waals surface area contributed by atoms with Crippen LogP contribution >= 0.6 is 0 Å². The van der Waals surface area contributed by atoms with Crippen LogP contribution in [-0.4, -0.2) is 51.2 Å². The van der Waals surface area contributed by atoms with E-state index in [9.17, 15) is 9.18 Å². The van der Waals surface area contributed by atoms with Crippen LogP contribution in [-0.2, 0) is 11.3 Å². The number of piperazine rings is 1. The van der Waals surface area contributed by atoms with Crippen LogP contribution in [0.25, 0.3) is 0 Å². The van der Waals surface area contributed by atoms with Crippen molar-refractivity contribution in [1.29, 1.82) is 0 Å². The Balaban J connectivity index is 1.69. The van der Waals surface area contributed by atoms with Crippen LogP contribution in [0.4, 0.5) is 10.1 Å². The van der Waals surface area contributed by atoms with E-state index in [1.807, 2.05) is 17.0 Å². The number of hydrogen-bond acceptors (Lipinski definition) is 4. The lowest BCUT2D eigenvalue weighted by Gasteiger charge is -2.36. The fourth-order valence-electron chi connectivity index (χ4n) is 3.22. The summed E-state index contributed by atoms with van der Waals surface area (Å²) in [4.78, 5) is 16.6. The zero-order chi connectivity index (χ0) is 18.5. The Bertz CT molecular complexity index is 773. The van der Waals surface area contributed by atoms with E-state index in [1.54, 1.807) is 43.4 Å². The molecule has 0 saturated carbocycles. The quantitative estimate of drug-likeness (QED) is 0.824. The molecule has 1 amide bonds. The molecule has 26 heavy (non-hydrogen) atoms. The Labute approximate surface area is 152 Å². The molecule has 5 nitrogen and oxygen atoms in total. The van der Waals surface area contributed by atoms with Gasteiger partial charge < -0.3 is 19.3 Å². The van der Waals surface area contributed by atoms with Crippen LogP contribution in [0, 0.1) is 5.82 Å². The van der Waals surface area contributed by atoms with Gasteiger partial charge in [0.2, 0.25) is 0 Å². The lowest BCUT2D eigenvalue weighted by molar-refractivity contribution is 0.0746. The van der Waals surface area contributed by atoms with Crippen molar-refractivity contribution in [3.05, 3.63) is 59.4 Å². The predicted octanol–water partition coefficient (Wildman–Crippen LogP) is 2.94. The fourth-order valence-corrected chi connectivity index (χ4v) is 3.22. The van der Waals surface area contributed by atoms with Crippen molar-refractivity contribution in [3.8, 4) is 5.75 Å². The summed E-state index contributed by atoms with van der Waals surface area (Å²) < 4.78 is 24.4. The number of amides is 1. The molecule has 0 spiro atoms. The summed E-state index contributed by atoms with van der Waals surface area (Å²) in [5.41, 5.74) is 2.04. The first-order valence-corrected chi connectivity index (χ1v) is 8.58. The minimum absolute atomic E-state index is 0.0295. The standard InChI is InChI=1S/C20H23FN2O3/c1-25-14-16-13-15(7-8-19(16)26-2)20(24)23-11-9-22(10-12-23)18-6-4-3-5-17(18)21/h3-8,13H,9-12,14H2,1-2H3. The summed E-state index contributed by atoms with van der Waals surface area (Å²) in [5.74, 6) is 0.442. The molecule has 0 bridgehead atoms. The molecule has 2 aromatic rings. The normalized spacial score (nSPS) is 14.4. The maximum absolute atomic E-state index is 13.9. The second-order valence-corrected chi connectivity index (χ2v) is 6.19. The summed E-state index contributed by atoms with van der Waals surface area (Å²) in [7, 11) is 3.20. The van der Waals surface area contributed by atoms with Gasteiger partial charge in [0.25, 0.3) is 5.91 Å². The number of halogens is 1. The largest absolute Gasteiger partial charge is 0.496 e. The molecule has 2 aromatic carbocycles. The Morgan fingerprint density at radius 1 is 1.08 bits per heavy atom. The molecule has 0 N–H and O–H groups in total. The highest BCUT2D eigenvalue weighted by Gasteiger charge is 2.24. The van der Waals surface area contributed by atoms with E-state index in [0.717, 1.165) is 5.56 Å². The third-order valence-electron chi connectivity index (χ3n) is 4.59. The Morgan fingerprint density at radius 2 is 1.81 bits per heavy atom. The van der Waals surface area contributed by atoms with Crippen molar-refractivity contribution in [2.45, 2.75) is 6.61 Å². The van der Waals surface area contributed by atoms with Crippen molar-refractivity contribution in [3.63, 3.8) is 0 Å². The van der Waals surface area contributed by atoms with Gasteiger partial charge in [-0.15, -0.1) is 0 Å². The smallest absolute Gasteiger partial charge is 0.253 e. The molecular formula is C20H23FN2O3. The number of ether oxygens (including phenoxy) is 2. The van der Waals surface area contributed by atoms with Crippen LogP contribution in [0.2, 0.25) is 0 Å². The zero-order valence-electron chi connectivity index (χ0n) is 15.1. The summed E-state index contributed by atoms with van der Waals surface area (Å²) in [5, 5.41) is 0. The van der Waals surface area contributed by atoms with Crippen molar-refractivity contribution in [2.75, 3.05) is 45.3 Å². The SMILES string of the molecule is COCc1cc(C(=O)N2CCN(c3ccccc3F)CC2)ccc1OC. The van der Waals surface area contributed by atoms with Gasteiger partial charge in [-0.3, -0.25) is 4.79 Å². The predicted molar refractivity (Wildman–Crippen MR) is 98.2 cm³/mol. The number of rotatable bonds is 5. The number of methoxy groups -OCH3 is 2. The van der Waals surface area contributed by atoms with Crippen LogP contribution in [0.3, 0.4) is 0 Å². The van der Waals surface area contributed by atoms with Gasteiger partial charge in [-0.2, -0.15) is 0 Å². The molecule has 1 aliphatic heterocycles. The van der Waals surface area contributed by atoms with E-state index in [1.165, 1.54) is 6.07 Å². The Hall–Kier alpha value is -2.60. The van der Waals surface area contributed by atoms with Crippen LogP contribution in [0.5, 0.6) is 5.75 Å². The molecule has 1 heterocycles. The van der Waals surface area contributed by atoms with Gasteiger partial charge in [0.1, 0.15) is 11.6 Å². The van der Waals surface area contributed by atoms with Crippen molar-refractivity contribution < 1.29 is 18.7 Å². The van der Waals surface area contributed by atoms with Crippen molar-refractivity contribution in [1.82, 2.24) is 4.90 Å². The van der Waals surface area contributed by atoms with E-state index in [4.69, 9.17) is 9.47 Å². The van der Waals surface area contributed by atoms with Crippen LogP contribution in [0.1, 0.15) is 15.9 Å². The topological polar surface area (TPSA) is 42.0 Å². The minimum atomic E-state index is -0.230. The number of anilines is 1. The number of benzene rings is 2. The highest BCUT2D eigenvalue weighted by molar-refractivity contribution is 5.94. The van der Waals surface area contributed by atoms with Crippen molar-refractivity contribution in [2.24, 2.45) is 0 Å². The first-order valence-electron chi connectivity index (χ1n) is 8.58. The summed E-state index contributed by atoms with van der Waals surface area (Å²) in [6.07, 6.45) is 0. The van der Waals surface area contributed by atoms with E-state index < -0.39 is 0 Å². The summed E-state index contributed by atoms with van der Waals surface area (Å²) in [6.45, 7) is 2.70. The summed E-state index contributed by atoms with van der Waals surface area (Å²) >= 11 is 0. The molecule has 138 valence electrons. The molecule has 1 aliphatic rings. The van der Waals surface area contributed by atoms with Gasteiger partial charge in [0, 0.05) is 44.4 Å². The number of para-hydroxylation sites is 1. The van der Waals surface area contributed by atoms with Gasteiger partial charge in [-0.05, 0) is 30.3 Å². The number of nitrogens with zero attached hydrogens (tertiary/aromatic N) is 2. The molecule has 0 unspecified atom stereocenters. The molecule has 3 rings (SSSR count). The average Bonchev–Trinajstić information content (AvgIpc) is 2.68. The van der Waals surface area contributed by atoms with Gasteiger partial charge in [-0.25, -0.2) is 4.39 Å². The van der Waals surface area contributed by atoms with E-state index in [2.05, 4.69) is 0 Å².